The summed E-state index contributed by atoms with van der Waals surface area (Å²) in [4.78, 5) is 15.3. The highest BCUT2D eigenvalue weighted by atomic mass is 16.5. The van der Waals surface area contributed by atoms with E-state index in [2.05, 4.69) is 143 Å². The molecule has 0 radical (unpaired) electrons. The molecule has 13 rings (SSSR count). The lowest BCUT2D eigenvalue weighted by atomic mass is 9.91. The lowest BCUT2D eigenvalue weighted by Crippen LogP contribution is -2.06. The minimum Gasteiger partial charge on any atom is -0.456 e. The van der Waals surface area contributed by atoms with Gasteiger partial charge in [0.25, 0.3) is 0 Å². The summed E-state index contributed by atoms with van der Waals surface area (Å²) < 4.78 is 11.2. The van der Waals surface area contributed by atoms with Crippen molar-refractivity contribution in [3.63, 3.8) is 0 Å². The van der Waals surface area contributed by atoms with Crippen LogP contribution in [-0.4, -0.2) is 24.1 Å². The fourth-order valence-corrected chi connectivity index (χ4v) is 9.45. The first-order chi connectivity index (χ1) is 30.2. The molecule has 6 heteroatoms. The lowest BCUT2D eigenvalue weighted by molar-refractivity contribution is 0.487. The molecule has 1 aliphatic rings. The van der Waals surface area contributed by atoms with E-state index >= 15 is 0 Å². The second-order valence-electron chi connectivity index (χ2n) is 15.6. The monoisotopic (exact) mass is 779 g/mol. The van der Waals surface area contributed by atoms with E-state index in [1.165, 1.54) is 21.7 Å². The summed E-state index contributed by atoms with van der Waals surface area (Å²) in [5.74, 6) is 3.58. The summed E-state index contributed by atoms with van der Waals surface area (Å²) in [6, 6.07) is 70.3. The van der Waals surface area contributed by atoms with E-state index in [1.807, 2.05) is 66.7 Å². The number of fused-ring (bicyclic) bond motifs is 9. The normalized spacial score (nSPS) is 12.1. The van der Waals surface area contributed by atoms with Gasteiger partial charge in [-0.25, -0.2) is 4.98 Å². The van der Waals surface area contributed by atoms with Gasteiger partial charge >= 0.3 is 0 Å². The van der Waals surface area contributed by atoms with E-state index in [0.717, 1.165) is 83.2 Å². The maximum Gasteiger partial charge on any atom is 0.238 e. The van der Waals surface area contributed by atoms with Crippen molar-refractivity contribution in [2.24, 2.45) is 0 Å². The Balaban J connectivity index is 1.07. The van der Waals surface area contributed by atoms with Crippen molar-refractivity contribution >= 4 is 54.4 Å². The Morgan fingerprint density at radius 3 is 1.72 bits per heavy atom. The topological polar surface area (TPSA) is 57.8 Å². The third kappa shape index (κ3) is 5.12. The number of hydrogen-bond acceptors (Lipinski definition) is 4. The second-order valence-corrected chi connectivity index (χ2v) is 15.6. The van der Waals surface area contributed by atoms with Crippen LogP contribution >= 0.6 is 0 Å². The minimum absolute atomic E-state index is 0.570. The zero-order valence-corrected chi connectivity index (χ0v) is 32.7. The van der Waals surface area contributed by atoms with Gasteiger partial charge in [0.15, 0.2) is 11.6 Å². The summed E-state index contributed by atoms with van der Waals surface area (Å²) in [6.07, 6.45) is 0. The highest BCUT2D eigenvalue weighted by Crippen LogP contribution is 2.51. The van der Waals surface area contributed by atoms with Crippen LogP contribution in [0.5, 0.6) is 11.5 Å². The molecule has 1 aliphatic heterocycles. The summed E-state index contributed by atoms with van der Waals surface area (Å²) in [6.45, 7) is 0. The smallest absolute Gasteiger partial charge is 0.238 e. The summed E-state index contributed by atoms with van der Waals surface area (Å²) >= 11 is 0. The van der Waals surface area contributed by atoms with Crippen LogP contribution < -0.4 is 4.74 Å². The van der Waals surface area contributed by atoms with Crippen molar-refractivity contribution in [1.82, 2.24) is 24.1 Å². The summed E-state index contributed by atoms with van der Waals surface area (Å²) in [7, 11) is 0. The van der Waals surface area contributed by atoms with Gasteiger partial charge in [0, 0.05) is 49.3 Å². The van der Waals surface area contributed by atoms with E-state index in [4.69, 9.17) is 19.7 Å². The van der Waals surface area contributed by atoms with E-state index < -0.39 is 0 Å². The molecule has 0 aliphatic carbocycles. The number of nitrogens with zero attached hydrogens (tertiary/aromatic N) is 5. The molecular weight excluding hydrogens is 747 g/mol. The molecule has 284 valence electrons. The molecule has 0 atom stereocenters. The van der Waals surface area contributed by atoms with Crippen LogP contribution in [-0.2, 0) is 0 Å². The molecule has 0 saturated heterocycles. The SMILES string of the molecule is c1ccc(-c2nc(-c3ccccc3)nc(-n3c4ccccc4c4ccc(-c5ccc6c(c5)c5c7cccc8c7c(cc5n6-c5ccccc5)-c5ccccc5O8)cc43)n2)cc1. The van der Waals surface area contributed by atoms with Crippen LogP contribution in [0.2, 0.25) is 0 Å². The van der Waals surface area contributed by atoms with Gasteiger partial charge in [-0.3, -0.25) is 4.57 Å². The van der Waals surface area contributed by atoms with Gasteiger partial charge in [0.2, 0.25) is 5.95 Å². The zero-order valence-electron chi connectivity index (χ0n) is 32.7. The fraction of sp³-hybridized carbons (Fsp3) is 0. The van der Waals surface area contributed by atoms with Crippen LogP contribution in [0.25, 0.3) is 111 Å². The molecule has 61 heavy (non-hydrogen) atoms. The number of benzene rings is 9. The molecule has 0 N–H and O–H groups in total. The van der Waals surface area contributed by atoms with Gasteiger partial charge in [-0.05, 0) is 76.7 Å². The van der Waals surface area contributed by atoms with Crippen LogP contribution in [0.15, 0.2) is 200 Å². The molecule has 0 bridgehead atoms. The van der Waals surface area contributed by atoms with Crippen LogP contribution in [0.3, 0.4) is 0 Å². The first kappa shape index (κ1) is 33.6. The largest absolute Gasteiger partial charge is 0.456 e. The predicted octanol–water partition coefficient (Wildman–Crippen LogP) is 14.0. The minimum atomic E-state index is 0.570. The number of hydrogen-bond donors (Lipinski definition) is 0. The highest BCUT2D eigenvalue weighted by Gasteiger charge is 2.25. The number of aromatic nitrogens is 5. The van der Waals surface area contributed by atoms with E-state index in [1.54, 1.807) is 0 Å². The fourth-order valence-electron chi connectivity index (χ4n) is 9.45. The molecule has 0 unspecified atom stereocenters. The second kappa shape index (κ2) is 13.1. The average molecular weight is 780 g/mol. The third-order valence-electron chi connectivity index (χ3n) is 12.2. The maximum atomic E-state index is 6.55. The predicted molar refractivity (Wildman–Crippen MR) is 248 cm³/mol. The Labute approximate surface area is 350 Å². The first-order valence-corrected chi connectivity index (χ1v) is 20.5. The van der Waals surface area contributed by atoms with Crippen LogP contribution in [0.1, 0.15) is 0 Å². The van der Waals surface area contributed by atoms with E-state index in [9.17, 15) is 0 Å². The van der Waals surface area contributed by atoms with Crippen LogP contribution in [0, 0.1) is 0 Å². The highest BCUT2D eigenvalue weighted by molar-refractivity contribution is 6.26. The standard InChI is InChI=1S/C55H33N5O/c1-4-15-34(16-5-1)53-56-54(35-17-6-2-7-18-35)58-55(57-53)60-45-24-12-10-21-39(45)40-29-27-37(32-47(40)60)36-28-30-46-44(31-36)51-42-23-14-26-50-52(42)43(41-22-11-13-25-49(41)61-50)33-48(51)59(46)38-19-8-3-9-20-38/h1-33H. The maximum absolute atomic E-state index is 6.55. The summed E-state index contributed by atoms with van der Waals surface area (Å²) in [5.41, 5.74) is 11.8. The molecule has 0 fully saturated rings. The molecule has 12 aromatic rings. The average Bonchev–Trinajstić information content (AvgIpc) is 3.84. The summed E-state index contributed by atoms with van der Waals surface area (Å²) in [5, 5.41) is 6.95. The zero-order chi connectivity index (χ0) is 40.0. The van der Waals surface area contributed by atoms with Crippen molar-refractivity contribution in [3.8, 4) is 68.2 Å². The Kier molecular flexibility index (Phi) is 7.21. The van der Waals surface area contributed by atoms with Gasteiger partial charge in [-0.2, -0.15) is 9.97 Å². The van der Waals surface area contributed by atoms with E-state index in [0.29, 0.717) is 17.6 Å². The van der Waals surface area contributed by atoms with Crippen molar-refractivity contribution in [2.75, 3.05) is 0 Å². The lowest BCUT2D eigenvalue weighted by Gasteiger charge is -2.22. The van der Waals surface area contributed by atoms with Crippen molar-refractivity contribution in [1.29, 1.82) is 0 Å². The number of rotatable bonds is 5. The van der Waals surface area contributed by atoms with Gasteiger partial charge in [-0.1, -0.05) is 146 Å². The van der Waals surface area contributed by atoms with Gasteiger partial charge < -0.3 is 9.30 Å². The molecule has 9 aromatic carbocycles. The molecular formula is C55H33N5O. The molecule has 0 spiro atoms. The van der Waals surface area contributed by atoms with Gasteiger partial charge in [0.1, 0.15) is 11.5 Å². The third-order valence-corrected chi connectivity index (χ3v) is 12.2. The van der Waals surface area contributed by atoms with Crippen molar-refractivity contribution < 1.29 is 4.74 Å². The quantitative estimate of drug-likeness (QED) is 0.175. The Morgan fingerprint density at radius 2 is 0.934 bits per heavy atom. The van der Waals surface area contributed by atoms with Gasteiger partial charge in [0.05, 0.1) is 22.1 Å². The van der Waals surface area contributed by atoms with E-state index in [-0.39, 0.29) is 0 Å². The first-order valence-electron chi connectivity index (χ1n) is 20.5. The van der Waals surface area contributed by atoms with Crippen LogP contribution in [0.4, 0.5) is 0 Å². The molecule has 0 amide bonds. The Hall–Kier alpha value is -8.35. The van der Waals surface area contributed by atoms with Crippen molar-refractivity contribution in [2.45, 2.75) is 0 Å². The number of para-hydroxylation sites is 3. The molecule has 4 heterocycles. The van der Waals surface area contributed by atoms with Crippen molar-refractivity contribution in [3.05, 3.63) is 200 Å². The molecule has 6 nitrogen and oxygen atoms in total. The number of ether oxygens (including phenoxy) is 1. The Morgan fingerprint density at radius 1 is 0.328 bits per heavy atom. The molecule has 3 aromatic heterocycles. The Bertz CT molecular complexity index is 3660. The molecule has 0 saturated carbocycles. The van der Waals surface area contributed by atoms with Gasteiger partial charge in [-0.15, -0.1) is 0 Å².